The highest BCUT2D eigenvalue weighted by Gasteiger charge is 2.32. The average Bonchev–Trinajstić information content (AvgIpc) is 3.18. The molecule has 0 bridgehead atoms. The molecule has 39 heavy (non-hydrogen) atoms. The number of halogens is 6. The molecule has 1 aromatic heterocycles. The van der Waals surface area contributed by atoms with E-state index in [0.29, 0.717) is 34.4 Å². The van der Waals surface area contributed by atoms with E-state index < -0.39 is 28.5 Å². The maximum Gasteiger partial charge on any atom is 0.573 e. The molecule has 0 radical (unpaired) electrons. The quantitative estimate of drug-likeness (QED) is 0.236. The Hall–Kier alpha value is -3.91. The van der Waals surface area contributed by atoms with E-state index in [2.05, 4.69) is 20.1 Å². The molecule has 208 valence electrons. The van der Waals surface area contributed by atoms with Crippen molar-refractivity contribution in [3.8, 4) is 11.5 Å². The van der Waals surface area contributed by atoms with E-state index in [4.69, 9.17) is 0 Å². The average molecular weight is 574 g/mol. The van der Waals surface area contributed by atoms with E-state index in [9.17, 15) is 34.8 Å². The standard InChI is InChI=1S/C25H21F6N3O4S/c1-15-11-19(38-25(29,30)31)6-10-22(15)33-17-3-9-21-16(13-32-2)14-34(23(21)12-17)39(35,36)20-7-4-18(5-8-20)37-24(26,27)28/h3-12,14,32-33H,13H2,1-2H3. The zero-order valence-corrected chi connectivity index (χ0v) is 21.1. The second-order valence-corrected chi connectivity index (χ2v) is 10.2. The molecule has 4 rings (SSSR count). The molecule has 2 N–H and O–H groups in total. The SMILES string of the molecule is CNCc1cn(S(=O)(=O)c2ccc(OC(F)(F)F)cc2)c2cc(Nc3ccc(OC(F)(F)F)cc3C)ccc12. The van der Waals surface area contributed by atoms with Crippen molar-refractivity contribution in [1.29, 1.82) is 0 Å². The lowest BCUT2D eigenvalue weighted by Crippen LogP contribution is -2.17. The van der Waals surface area contributed by atoms with Gasteiger partial charge in [-0.25, -0.2) is 12.4 Å². The number of anilines is 2. The van der Waals surface area contributed by atoms with Gasteiger partial charge in [-0.1, -0.05) is 6.07 Å². The van der Waals surface area contributed by atoms with Crippen LogP contribution in [0, 0.1) is 6.92 Å². The number of fused-ring (bicyclic) bond motifs is 1. The maximum atomic E-state index is 13.5. The van der Waals surface area contributed by atoms with Gasteiger partial charge in [-0.05, 0) is 79.7 Å². The van der Waals surface area contributed by atoms with Gasteiger partial charge in [0, 0.05) is 29.5 Å². The molecule has 7 nitrogen and oxygen atoms in total. The lowest BCUT2D eigenvalue weighted by Gasteiger charge is -2.14. The maximum absolute atomic E-state index is 13.5. The van der Waals surface area contributed by atoms with Crippen LogP contribution >= 0.6 is 0 Å². The number of hydrogen-bond acceptors (Lipinski definition) is 6. The van der Waals surface area contributed by atoms with Gasteiger partial charge in [-0.3, -0.25) is 0 Å². The molecule has 4 aromatic rings. The van der Waals surface area contributed by atoms with Gasteiger partial charge in [-0.2, -0.15) is 0 Å². The fourth-order valence-corrected chi connectivity index (χ4v) is 5.31. The van der Waals surface area contributed by atoms with E-state index in [1.165, 1.54) is 18.3 Å². The van der Waals surface area contributed by atoms with Crippen LogP contribution in [0.2, 0.25) is 0 Å². The third kappa shape index (κ3) is 6.57. The van der Waals surface area contributed by atoms with Gasteiger partial charge in [0.2, 0.25) is 0 Å². The van der Waals surface area contributed by atoms with Crippen LogP contribution in [-0.2, 0) is 16.6 Å². The van der Waals surface area contributed by atoms with E-state index in [1.54, 1.807) is 32.2 Å². The zero-order chi connectivity index (χ0) is 28.6. The van der Waals surface area contributed by atoms with Crippen molar-refractivity contribution in [2.75, 3.05) is 12.4 Å². The Morgan fingerprint density at radius 3 is 2.05 bits per heavy atom. The van der Waals surface area contributed by atoms with Crippen LogP contribution in [-0.4, -0.2) is 32.2 Å². The monoisotopic (exact) mass is 573 g/mol. The van der Waals surface area contributed by atoms with Gasteiger partial charge in [0.25, 0.3) is 10.0 Å². The molecule has 0 aliphatic heterocycles. The summed E-state index contributed by atoms with van der Waals surface area (Å²) in [6.45, 7) is 1.90. The van der Waals surface area contributed by atoms with Crippen molar-refractivity contribution >= 4 is 32.3 Å². The summed E-state index contributed by atoms with van der Waals surface area (Å²) in [6.07, 6.45) is -8.35. The fourth-order valence-electron chi connectivity index (χ4n) is 3.93. The van der Waals surface area contributed by atoms with Gasteiger partial charge in [0.15, 0.2) is 0 Å². The summed E-state index contributed by atoms with van der Waals surface area (Å²) in [7, 11) is -2.56. The van der Waals surface area contributed by atoms with E-state index in [-0.39, 0.29) is 16.2 Å². The number of hydrogen-bond donors (Lipinski definition) is 2. The van der Waals surface area contributed by atoms with Crippen molar-refractivity contribution in [2.24, 2.45) is 0 Å². The Morgan fingerprint density at radius 2 is 1.46 bits per heavy atom. The minimum atomic E-state index is -4.92. The second-order valence-electron chi connectivity index (χ2n) is 8.39. The fraction of sp³-hybridized carbons (Fsp3) is 0.200. The molecule has 0 spiro atoms. The highest BCUT2D eigenvalue weighted by Crippen LogP contribution is 2.33. The summed E-state index contributed by atoms with van der Waals surface area (Å²) in [4.78, 5) is -0.264. The number of rotatable bonds is 8. The molecule has 0 aliphatic carbocycles. The Bertz CT molecular complexity index is 1600. The molecule has 0 atom stereocenters. The van der Waals surface area contributed by atoms with Crippen LogP contribution < -0.4 is 20.1 Å². The Balaban J connectivity index is 1.71. The number of aromatic nitrogens is 1. The van der Waals surface area contributed by atoms with E-state index in [1.807, 2.05) is 0 Å². The summed E-state index contributed by atoms with van der Waals surface area (Å²) in [5.41, 5.74) is 2.26. The predicted molar refractivity (Wildman–Crippen MR) is 132 cm³/mol. The van der Waals surface area contributed by atoms with Crippen LogP contribution in [0.1, 0.15) is 11.1 Å². The number of benzene rings is 3. The Kier molecular flexibility index (Phi) is 7.45. The Morgan fingerprint density at radius 1 is 0.846 bits per heavy atom. The van der Waals surface area contributed by atoms with Crippen LogP contribution in [0.15, 0.2) is 71.8 Å². The normalized spacial score (nSPS) is 12.5. The molecule has 1 heterocycles. The van der Waals surface area contributed by atoms with Crippen LogP contribution in [0.25, 0.3) is 10.9 Å². The predicted octanol–water partition coefficient (Wildman–Crippen LogP) is 6.45. The molecule has 14 heteroatoms. The highest BCUT2D eigenvalue weighted by molar-refractivity contribution is 7.90. The van der Waals surface area contributed by atoms with Gasteiger partial charge < -0.3 is 20.1 Å². The van der Waals surface area contributed by atoms with Crippen LogP contribution in [0.3, 0.4) is 0 Å². The number of ether oxygens (including phenoxy) is 2. The van der Waals surface area contributed by atoms with Gasteiger partial charge in [-0.15, -0.1) is 26.3 Å². The van der Waals surface area contributed by atoms with Gasteiger partial charge in [0.1, 0.15) is 11.5 Å². The van der Waals surface area contributed by atoms with Crippen molar-refractivity contribution in [2.45, 2.75) is 31.1 Å². The molecular formula is C25H21F6N3O4S. The highest BCUT2D eigenvalue weighted by atomic mass is 32.2. The topological polar surface area (TPSA) is 81.6 Å². The molecule has 3 aromatic carbocycles. The van der Waals surface area contributed by atoms with Crippen molar-refractivity contribution in [3.63, 3.8) is 0 Å². The first kappa shape index (κ1) is 28.1. The van der Waals surface area contributed by atoms with Gasteiger partial charge in [0.05, 0.1) is 10.4 Å². The van der Waals surface area contributed by atoms with Gasteiger partial charge >= 0.3 is 12.7 Å². The summed E-state index contributed by atoms with van der Waals surface area (Å²) >= 11 is 0. The number of alkyl halides is 6. The summed E-state index contributed by atoms with van der Waals surface area (Å²) in [5.74, 6) is -0.951. The summed E-state index contributed by atoms with van der Waals surface area (Å²) < 4.78 is 111. The molecule has 0 saturated heterocycles. The molecule has 0 saturated carbocycles. The van der Waals surface area contributed by atoms with Crippen molar-refractivity contribution in [1.82, 2.24) is 9.29 Å². The Labute approximate surface area is 219 Å². The first-order valence-corrected chi connectivity index (χ1v) is 12.6. The van der Waals surface area contributed by atoms with E-state index >= 15 is 0 Å². The summed E-state index contributed by atoms with van der Waals surface area (Å²) in [6, 6.07) is 12.5. The smallest absolute Gasteiger partial charge is 0.406 e. The van der Waals surface area contributed by atoms with Crippen LogP contribution in [0.4, 0.5) is 37.7 Å². The lowest BCUT2D eigenvalue weighted by atomic mass is 10.1. The minimum absolute atomic E-state index is 0.264. The third-order valence-corrected chi connectivity index (χ3v) is 7.23. The van der Waals surface area contributed by atoms with Crippen molar-refractivity contribution in [3.05, 3.63) is 78.0 Å². The second kappa shape index (κ2) is 10.3. The number of nitrogens with zero attached hydrogens (tertiary/aromatic N) is 1. The lowest BCUT2D eigenvalue weighted by molar-refractivity contribution is -0.275. The largest absolute Gasteiger partial charge is 0.573 e. The minimum Gasteiger partial charge on any atom is -0.406 e. The first-order valence-electron chi connectivity index (χ1n) is 11.2. The van der Waals surface area contributed by atoms with E-state index in [0.717, 1.165) is 34.3 Å². The zero-order valence-electron chi connectivity index (χ0n) is 20.3. The number of nitrogens with one attached hydrogen (secondary N) is 2. The molecule has 0 unspecified atom stereocenters. The first-order chi connectivity index (χ1) is 18.2. The molecule has 0 amide bonds. The summed E-state index contributed by atoms with van der Waals surface area (Å²) in [5, 5.41) is 6.61. The molecule has 0 fully saturated rings. The van der Waals surface area contributed by atoms with Crippen LogP contribution in [0.5, 0.6) is 11.5 Å². The molecular weight excluding hydrogens is 552 g/mol. The number of aryl methyl sites for hydroxylation is 1. The van der Waals surface area contributed by atoms with Crippen molar-refractivity contribution < 1.29 is 44.2 Å². The molecule has 0 aliphatic rings. The third-order valence-electron chi connectivity index (χ3n) is 5.55.